The molecule has 2 rings (SSSR count). The van der Waals surface area contributed by atoms with Crippen molar-refractivity contribution in [2.45, 2.75) is 32.4 Å². The molecule has 0 saturated carbocycles. The van der Waals surface area contributed by atoms with Crippen LogP contribution in [0.15, 0.2) is 12.1 Å². The molecule has 1 fully saturated rings. The summed E-state index contributed by atoms with van der Waals surface area (Å²) in [6.45, 7) is 4.56. The van der Waals surface area contributed by atoms with Crippen LogP contribution in [-0.4, -0.2) is 43.4 Å². The molecule has 0 aliphatic carbocycles. The van der Waals surface area contributed by atoms with E-state index >= 15 is 0 Å². The van der Waals surface area contributed by atoms with Gasteiger partial charge >= 0.3 is 0 Å². The third kappa shape index (κ3) is 3.39. The van der Waals surface area contributed by atoms with Gasteiger partial charge in [0.25, 0.3) is 0 Å². The summed E-state index contributed by atoms with van der Waals surface area (Å²) >= 11 is 0. The Morgan fingerprint density at radius 2 is 2.00 bits per heavy atom. The molecule has 1 heterocycles. The fraction of sp³-hybridized carbons (Fsp3) is 0.600. The highest BCUT2D eigenvalue weighted by atomic mass is 16.5. The van der Waals surface area contributed by atoms with Crippen molar-refractivity contribution >= 4 is 0 Å². The summed E-state index contributed by atoms with van der Waals surface area (Å²) in [6.07, 6.45) is 1.75. The van der Waals surface area contributed by atoms with Crippen LogP contribution in [0.1, 0.15) is 24.0 Å². The Kier molecular flexibility index (Phi) is 4.66. The summed E-state index contributed by atoms with van der Waals surface area (Å²) in [6, 6.07) is 4.05. The molecule has 4 heteroatoms. The lowest BCUT2D eigenvalue weighted by molar-refractivity contribution is 0.0664. The molecule has 1 aliphatic rings. The van der Waals surface area contributed by atoms with Crippen LogP contribution in [0.2, 0.25) is 0 Å². The molecule has 19 heavy (non-hydrogen) atoms. The molecular formula is C15H23NO3. The van der Waals surface area contributed by atoms with Crippen molar-refractivity contribution in [1.29, 1.82) is 0 Å². The van der Waals surface area contributed by atoms with Gasteiger partial charge in [0.1, 0.15) is 11.5 Å². The van der Waals surface area contributed by atoms with E-state index < -0.39 is 0 Å². The summed E-state index contributed by atoms with van der Waals surface area (Å²) in [5.41, 5.74) is 2.18. The van der Waals surface area contributed by atoms with E-state index in [9.17, 15) is 5.11 Å². The number of β-amino-alcohol motifs (C(OH)–C–C–N with tert-alkyl or cyclic N) is 1. The summed E-state index contributed by atoms with van der Waals surface area (Å²) in [5.74, 6) is 1.77. The van der Waals surface area contributed by atoms with Crippen molar-refractivity contribution in [3.63, 3.8) is 0 Å². The Bertz CT molecular complexity index is 434. The third-order valence-corrected chi connectivity index (χ3v) is 3.67. The molecule has 1 saturated heterocycles. The van der Waals surface area contributed by atoms with Gasteiger partial charge in [-0.3, -0.25) is 4.90 Å². The summed E-state index contributed by atoms with van der Waals surface area (Å²) in [5, 5.41) is 9.73. The molecule has 1 aliphatic heterocycles. The molecule has 4 nitrogen and oxygen atoms in total. The van der Waals surface area contributed by atoms with E-state index in [4.69, 9.17) is 9.47 Å². The number of ether oxygens (including phenoxy) is 2. The minimum absolute atomic E-state index is 0.202. The number of aliphatic hydroxyl groups is 1. The zero-order valence-electron chi connectivity index (χ0n) is 12.0. The molecule has 0 spiro atoms. The van der Waals surface area contributed by atoms with Gasteiger partial charge in [-0.1, -0.05) is 0 Å². The van der Waals surface area contributed by atoms with Crippen molar-refractivity contribution < 1.29 is 14.6 Å². The van der Waals surface area contributed by atoms with Gasteiger partial charge in [-0.2, -0.15) is 0 Å². The molecule has 106 valence electrons. The largest absolute Gasteiger partial charge is 0.496 e. The number of rotatable bonds is 4. The van der Waals surface area contributed by atoms with Gasteiger partial charge in [0.2, 0.25) is 0 Å². The van der Waals surface area contributed by atoms with Crippen molar-refractivity contribution in [3.05, 3.63) is 23.3 Å². The molecule has 0 amide bonds. The van der Waals surface area contributed by atoms with Crippen LogP contribution in [0.25, 0.3) is 0 Å². The highest BCUT2D eigenvalue weighted by Gasteiger charge is 2.19. The maximum atomic E-state index is 9.73. The van der Waals surface area contributed by atoms with Gasteiger partial charge < -0.3 is 14.6 Å². The summed E-state index contributed by atoms with van der Waals surface area (Å²) < 4.78 is 10.8. The fourth-order valence-electron chi connectivity index (χ4n) is 2.65. The Morgan fingerprint density at radius 3 is 2.63 bits per heavy atom. The quantitative estimate of drug-likeness (QED) is 0.904. The van der Waals surface area contributed by atoms with Gasteiger partial charge in [0.05, 0.1) is 20.3 Å². The number of piperidine rings is 1. The van der Waals surface area contributed by atoms with Crippen molar-refractivity contribution in [2.24, 2.45) is 0 Å². The molecule has 1 aromatic carbocycles. The number of aliphatic hydroxyl groups excluding tert-OH is 1. The highest BCUT2D eigenvalue weighted by Crippen LogP contribution is 2.29. The number of benzene rings is 1. The van der Waals surface area contributed by atoms with Crippen LogP contribution in [0, 0.1) is 6.92 Å². The first-order valence-electron chi connectivity index (χ1n) is 6.76. The molecule has 1 aromatic rings. The fourth-order valence-corrected chi connectivity index (χ4v) is 2.65. The van der Waals surface area contributed by atoms with E-state index in [-0.39, 0.29) is 6.10 Å². The van der Waals surface area contributed by atoms with Gasteiger partial charge in [-0.15, -0.1) is 0 Å². The lowest BCUT2D eigenvalue weighted by atomic mass is 10.1. The molecule has 0 radical (unpaired) electrons. The monoisotopic (exact) mass is 265 g/mol. The predicted octanol–water partition coefficient (Wildman–Crippen LogP) is 1.97. The second kappa shape index (κ2) is 6.26. The maximum Gasteiger partial charge on any atom is 0.123 e. The van der Waals surface area contributed by atoms with Crippen LogP contribution < -0.4 is 9.47 Å². The second-order valence-corrected chi connectivity index (χ2v) is 5.16. The molecule has 0 bridgehead atoms. The van der Waals surface area contributed by atoms with E-state index in [1.54, 1.807) is 14.2 Å². The second-order valence-electron chi connectivity index (χ2n) is 5.16. The first-order valence-corrected chi connectivity index (χ1v) is 6.76. The van der Waals surface area contributed by atoms with Crippen molar-refractivity contribution in [1.82, 2.24) is 4.90 Å². The van der Waals surface area contributed by atoms with Crippen LogP contribution in [0.4, 0.5) is 0 Å². The standard InChI is InChI=1S/C15H23NO3/c1-11-7-15(19-3)12(8-14(11)18-2)9-16-6-4-5-13(17)10-16/h7-8,13,17H,4-6,9-10H2,1-3H3. The minimum Gasteiger partial charge on any atom is -0.496 e. The lowest BCUT2D eigenvalue weighted by Gasteiger charge is -2.30. The average molecular weight is 265 g/mol. The van der Waals surface area contributed by atoms with Gasteiger partial charge in [-0.25, -0.2) is 0 Å². The smallest absolute Gasteiger partial charge is 0.123 e. The van der Waals surface area contributed by atoms with Gasteiger partial charge in [0, 0.05) is 18.7 Å². The molecule has 0 aromatic heterocycles. The van der Waals surface area contributed by atoms with E-state index in [0.29, 0.717) is 0 Å². The minimum atomic E-state index is -0.202. The Balaban J connectivity index is 2.18. The van der Waals surface area contributed by atoms with Crippen molar-refractivity contribution in [3.8, 4) is 11.5 Å². The number of nitrogens with zero attached hydrogens (tertiary/aromatic N) is 1. The van der Waals surface area contributed by atoms with Crippen molar-refractivity contribution in [2.75, 3.05) is 27.3 Å². The SMILES string of the molecule is COc1cc(CN2CCCC(O)C2)c(OC)cc1C. The van der Waals surface area contributed by atoms with E-state index in [1.807, 2.05) is 19.1 Å². The van der Waals surface area contributed by atoms with Crippen LogP contribution >= 0.6 is 0 Å². The Labute approximate surface area is 114 Å². The van der Waals surface area contributed by atoms with Crippen LogP contribution in [0.3, 0.4) is 0 Å². The molecule has 1 unspecified atom stereocenters. The first kappa shape index (κ1) is 14.2. The third-order valence-electron chi connectivity index (χ3n) is 3.67. The normalized spacial score (nSPS) is 20.3. The Hall–Kier alpha value is -1.26. The average Bonchev–Trinajstić information content (AvgIpc) is 2.40. The number of hydrogen-bond donors (Lipinski definition) is 1. The Morgan fingerprint density at radius 1 is 1.26 bits per heavy atom. The van der Waals surface area contributed by atoms with Crippen LogP contribution in [0.5, 0.6) is 11.5 Å². The molecule has 1 atom stereocenters. The first-order chi connectivity index (χ1) is 9.13. The predicted molar refractivity (Wildman–Crippen MR) is 74.8 cm³/mol. The van der Waals surface area contributed by atoms with E-state index in [2.05, 4.69) is 4.90 Å². The number of likely N-dealkylation sites (tertiary alicyclic amines) is 1. The van der Waals surface area contributed by atoms with Gasteiger partial charge in [-0.05, 0) is 44.0 Å². The zero-order valence-corrected chi connectivity index (χ0v) is 12.0. The summed E-state index contributed by atoms with van der Waals surface area (Å²) in [4.78, 5) is 2.26. The highest BCUT2D eigenvalue weighted by molar-refractivity contribution is 5.45. The van der Waals surface area contributed by atoms with Gasteiger partial charge in [0.15, 0.2) is 0 Å². The lowest BCUT2D eigenvalue weighted by Crippen LogP contribution is -2.37. The summed E-state index contributed by atoms with van der Waals surface area (Å²) in [7, 11) is 3.37. The van der Waals surface area contributed by atoms with E-state index in [0.717, 1.165) is 55.1 Å². The zero-order chi connectivity index (χ0) is 13.8. The van der Waals surface area contributed by atoms with Crippen LogP contribution in [-0.2, 0) is 6.54 Å². The van der Waals surface area contributed by atoms with E-state index in [1.165, 1.54) is 0 Å². The molecular weight excluding hydrogens is 242 g/mol. The topological polar surface area (TPSA) is 41.9 Å². The maximum absolute atomic E-state index is 9.73. The number of hydrogen-bond acceptors (Lipinski definition) is 4. The number of methoxy groups -OCH3 is 2. The molecule has 1 N–H and O–H groups in total. The number of aryl methyl sites for hydroxylation is 1.